The lowest BCUT2D eigenvalue weighted by Crippen LogP contribution is -2.09. The number of hydrogen-bond donors (Lipinski definition) is 0. The highest BCUT2D eigenvalue weighted by atomic mass is 35.5. The van der Waals surface area contributed by atoms with Crippen molar-refractivity contribution in [3.8, 4) is 0 Å². The summed E-state index contributed by atoms with van der Waals surface area (Å²) in [6, 6.07) is 7.72. The van der Waals surface area contributed by atoms with Gasteiger partial charge in [-0.1, -0.05) is 25.4 Å². The minimum absolute atomic E-state index is 0.0737. The Morgan fingerprint density at radius 1 is 1.29 bits per heavy atom. The van der Waals surface area contributed by atoms with Crippen LogP contribution in [0.25, 0.3) is 0 Å². The van der Waals surface area contributed by atoms with Crippen molar-refractivity contribution < 1.29 is 4.79 Å². The van der Waals surface area contributed by atoms with Crippen LogP contribution < -0.4 is 0 Å². The highest BCUT2D eigenvalue weighted by molar-refractivity contribution is 6.31. The predicted molar refractivity (Wildman–Crippen MR) is 86.1 cm³/mol. The monoisotopic (exact) mass is 304 g/mol. The number of aryl methyl sites for hydroxylation is 1. The lowest BCUT2D eigenvalue weighted by atomic mass is 10.0. The van der Waals surface area contributed by atoms with Gasteiger partial charge in [0.25, 0.3) is 0 Å². The van der Waals surface area contributed by atoms with Crippen LogP contribution in [0.15, 0.2) is 30.5 Å². The topological polar surface area (TPSA) is 34.9 Å². The van der Waals surface area contributed by atoms with Gasteiger partial charge in [-0.3, -0.25) is 9.48 Å². The number of carbonyl (C=O) groups is 1. The van der Waals surface area contributed by atoms with Crippen LogP contribution in [0.1, 0.15) is 54.3 Å². The van der Waals surface area contributed by atoms with E-state index >= 15 is 0 Å². The molecule has 1 aromatic carbocycles. The van der Waals surface area contributed by atoms with Crippen LogP contribution in [0.5, 0.6) is 0 Å². The molecule has 0 N–H and O–H groups in total. The number of aromatic nitrogens is 2. The minimum atomic E-state index is 0.0737. The van der Waals surface area contributed by atoms with Crippen molar-refractivity contribution >= 4 is 17.4 Å². The van der Waals surface area contributed by atoms with Gasteiger partial charge in [-0.15, -0.1) is 0 Å². The molecule has 1 heterocycles. The summed E-state index contributed by atoms with van der Waals surface area (Å²) < 4.78 is 1.97. The molecule has 0 aliphatic heterocycles. The van der Waals surface area contributed by atoms with Crippen molar-refractivity contribution in [2.75, 3.05) is 0 Å². The molecule has 2 aromatic rings. The van der Waals surface area contributed by atoms with Crippen LogP contribution in [0.2, 0.25) is 5.02 Å². The van der Waals surface area contributed by atoms with Crippen LogP contribution >= 0.6 is 11.6 Å². The zero-order chi connectivity index (χ0) is 15.4. The molecule has 0 spiro atoms. The van der Waals surface area contributed by atoms with Crippen LogP contribution in [-0.2, 0) is 6.42 Å². The predicted octanol–water partition coefficient (Wildman–Crippen LogP) is 4.63. The second-order valence-electron chi connectivity index (χ2n) is 5.32. The zero-order valence-corrected chi connectivity index (χ0v) is 13.5. The fraction of sp³-hybridized carbons (Fsp3) is 0.412. The number of rotatable bonds is 6. The van der Waals surface area contributed by atoms with Gasteiger partial charge >= 0.3 is 0 Å². The Morgan fingerprint density at radius 2 is 2.00 bits per heavy atom. The van der Waals surface area contributed by atoms with Gasteiger partial charge in [0.1, 0.15) is 0 Å². The first-order valence-corrected chi connectivity index (χ1v) is 7.76. The molecule has 0 fully saturated rings. The second-order valence-corrected chi connectivity index (χ2v) is 5.73. The summed E-state index contributed by atoms with van der Waals surface area (Å²) in [4.78, 5) is 12.3. The molecular formula is C17H21ClN2O. The van der Waals surface area contributed by atoms with Gasteiger partial charge < -0.3 is 0 Å². The minimum Gasteiger partial charge on any atom is -0.294 e. The molecule has 0 atom stereocenters. The van der Waals surface area contributed by atoms with Crippen LogP contribution in [0, 0.1) is 6.92 Å². The molecule has 0 radical (unpaired) electrons. The first kappa shape index (κ1) is 15.8. The molecule has 2 rings (SSSR count). The van der Waals surface area contributed by atoms with Gasteiger partial charge in [0.2, 0.25) is 0 Å². The third kappa shape index (κ3) is 3.73. The second kappa shape index (κ2) is 6.90. The molecular weight excluding hydrogens is 284 g/mol. The van der Waals surface area contributed by atoms with Crippen molar-refractivity contribution in [2.24, 2.45) is 0 Å². The number of benzene rings is 1. The summed E-state index contributed by atoms with van der Waals surface area (Å²) in [6.07, 6.45) is 4.38. The summed E-state index contributed by atoms with van der Waals surface area (Å²) in [5, 5.41) is 5.21. The van der Waals surface area contributed by atoms with Crippen LogP contribution in [0.3, 0.4) is 0 Å². The Hall–Kier alpha value is -1.61. The van der Waals surface area contributed by atoms with Crippen molar-refractivity contribution in [2.45, 2.75) is 46.1 Å². The normalized spacial score (nSPS) is 11.1. The molecule has 112 valence electrons. The lowest BCUT2D eigenvalue weighted by molar-refractivity contribution is 0.0991. The SMILES string of the molecule is CCC(CC)n1ccc(CC(=O)c2ccc(Cl)c(C)c2)n1. The summed E-state index contributed by atoms with van der Waals surface area (Å²) in [6.45, 7) is 6.20. The Labute approximate surface area is 130 Å². The molecule has 21 heavy (non-hydrogen) atoms. The van der Waals surface area contributed by atoms with Gasteiger partial charge in [-0.05, 0) is 49.6 Å². The maximum absolute atomic E-state index is 12.3. The number of ketones is 1. The molecule has 0 saturated carbocycles. The largest absolute Gasteiger partial charge is 0.294 e. The fourth-order valence-electron chi connectivity index (χ4n) is 2.42. The molecule has 0 aliphatic carbocycles. The highest BCUT2D eigenvalue weighted by Gasteiger charge is 2.12. The average molecular weight is 305 g/mol. The van der Waals surface area contributed by atoms with E-state index in [4.69, 9.17) is 11.6 Å². The number of carbonyl (C=O) groups excluding carboxylic acids is 1. The maximum Gasteiger partial charge on any atom is 0.168 e. The molecule has 0 aliphatic rings. The van der Waals surface area contributed by atoms with Crippen molar-refractivity contribution in [1.82, 2.24) is 9.78 Å². The van der Waals surface area contributed by atoms with Gasteiger partial charge in [-0.2, -0.15) is 5.10 Å². The maximum atomic E-state index is 12.3. The van der Waals surface area contributed by atoms with E-state index in [0.717, 1.165) is 24.1 Å². The summed E-state index contributed by atoms with van der Waals surface area (Å²) in [7, 11) is 0. The first-order chi connectivity index (χ1) is 10.0. The van der Waals surface area contributed by atoms with E-state index in [-0.39, 0.29) is 5.78 Å². The van der Waals surface area contributed by atoms with Gasteiger partial charge in [0, 0.05) is 16.8 Å². The first-order valence-electron chi connectivity index (χ1n) is 7.38. The quantitative estimate of drug-likeness (QED) is 0.729. The molecule has 0 amide bonds. The summed E-state index contributed by atoms with van der Waals surface area (Å²) >= 11 is 5.99. The fourth-order valence-corrected chi connectivity index (χ4v) is 2.54. The molecule has 3 nitrogen and oxygen atoms in total. The van der Waals surface area contributed by atoms with E-state index in [2.05, 4.69) is 18.9 Å². The average Bonchev–Trinajstić information content (AvgIpc) is 2.91. The Balaban J connectivity index is 2.11. The molecule has 0 unspecified atom stereocenters. The Morgan fingerprint density at radius 3 is 2.62 bits per heavy atom. The number of halogens is 1. The van der Waals surface area contributed by atoms with E-state index in [1.54, 1.807) is 12.1 Å². The lowest BCUT2D eigenvalue weighted by Gasteiger charge is -2.12. The van der Waals surface area contributed by atoms with Crippen LogP contribution in [-0.4, -0.2) is 15.6 Å². The van der Waals surface area contributed by atoms with Crippen molar-refractivity contribution in [1.29, 1.82) is 0 Å². The smallest absolute Gasteiger partial charge is 0.168 e. The highest BCUT2D eigenvalue weighted by Crippen LogP contribution is 2.18. The van der Waals surface area contributed by atoms with E-state index in [0.29, 0.717) is 23.0 Å². The molecule has 4 heteroatoms. The van der Waals surface area contributed by atoms with Gasteiger partial charge in [-0.25, -0.2) is 0 Å². The van der Waals surface area contributed by atoms with E-state index in [1.807, 2.05) is 29.9 Å². The number of Topliss-reactive ketones (excluding diaryl/α,β-unsaturated/α-hetero) is 1. The Bertz CT molecular complexity index is 629. The van der Waals surface area contributed by atoms with Crippen molar-refractivity contribution in [3.63, 3.8) is 0 Å². The van der Waals surface area contributed by atoms with Gasteiger partial charge in [0.15, 0.2) is 5.78 Å². The van der Waals surface area contributed by atoms with E-state index in [9.17, 15) is 4.79 Å². The molecule has 1 aromatic heterocycles. The van der Waals surface area contributed by atoms with Crippen LogP contribution in [0.4, 0.5) is 0 Å². The molecule has 0 bridgehead atoms. The molecule has 0 saturated heterocycles. The summed E-state index contributed by atoms with van der Waals surface area (Å²) in [5.41, 5.74) is 2.43. The van der Waals surface area contributed by atoms with Gasteiger partial charge in [0.05, 0.1) is 18.2 Å². The van der Waals surface area contributed by atoms with E-state index in [1.165, 1.54) is 0 Å². The third-order valence-electron chi connectivity index (χ3n) is 3.80. The number of hydrogen-bond acceptors (Lipinski definition) is 2. The van der Waals surface area contributed by atoms with E-state index < -0.39 is 0 Å². The summed E-state index contributed by atoms with van der Waals surface area (Å²) in [5.74, 6) is 0.0737. The Kier molecular flexibility index (Phi) is 5.18. The standard InChI is InChI=1S/C17H21ClN2O/c1-4-15(5-2)20-9-8-14(19-20)11-17(21)13-6-7-16(18)12(3)10-13/h6-10,15H,4-5,11H2,1-3H3. The number of nitrogens with zero attached hydrogens (tertiary/aromatic N) is 2. The van der Waals surface area contributed by atoms with Crippen molar-refractivity contribution in [3.05, 3.63) is 52.3 Å². The zero-order valence-electron chi connectivity index (χ0n) is 12.8. The third-order valence-corrected chi connectivity index (χ3v) is 4.23.